The van der Waals surface area contributed by atoms with Crippen LogP contribution in [0.1, 0.15) is 10.4 Å². The van der Waals surface area contributed by atoms with Gasteiger partial charge in [-0.15, -0.1) is 0 Å². The minimum absolute atomic E-state index is 0.0133. The quantitative estimate of drug-likeness (QED) is 0.870. The average Bonchev–Trinajstić information content (AvgIpc) is 2.30. The molecule has 2 aromatic rings. The zero-order chi connectivity index (χ0) is 12.4. The van der Waals surface area contributed by atoms with Gasteiger partial charge < -0.3 is 5.11 Å². The van der Waals surface area contributed by atoms with Crippen LogP contribution in [0, 0.1) is 11.6 Å². The summed E-state index contributed by atoms with van der Waals surface area (Å²) >= 11 is 0. The lowest BCUT2D eigenvalue weighted by molar-refractivity contribution is 0.0697. The van der Waals surface area contributed by atoms with Crippen molar-refractivity contribution in [1.82, 2.24) is 4.98 Å². The van der Waals surface area contributed by atoms with Crippen LogP contribution in [0.25, 0.3) is 11.1 Å². The van der Waals surface area contributed by atoms with Gasteiger partial charge in [0.25, 0.3) is 0 Å². The molecule has 0 atom stereocenters. The standard InChI is InChI=1S/C12H7F2NO2/c13-10-2-1-7(12(16)17)5-9(10)8-3-4-15-6-11(8)14/h1-6H,(H,16,17). The maximum atomic E-state index is 13.5. The molecular formula is C12H7F2NO2. The van der Waals surface area contributed by atoms with E-state index in [0.717, 1.165) is 24.4 Å². The van der Waals surface area contributed by atoms with Gasteiger partial charge in [-0.1, -0.05) is 0 Å². The van der Waals surface area contributed by atoms with Crippen LogP contribution in [-0.4, -0.2) is 16.1 Å². The number of carboxylic acid groups (broad SMARTS) is 1. The third-order valence-electron chi connectivity index (χ3n) is 2.28. The number of carboxylic acids is 1. The van der Waals surface area contributed by atoms with Crippen molar-refractivity contribution >= 4 is 5.97 Å². The fourth-order valence-corrected chi connectivity index (χ4v) is 1.46. The van der Waals surface area contributed by atoms with E-state index in [-0.39, 0.29) is 16.7 Å². The highest BCUT2D eigenvalue weighted by Gasteiger charge is 2.13. The predicted molar refractivity (Wildman–Crippen MR) is 56.5 cm³/mol. The number of hydrogen-bond acceptors (Lipinski definition) is 2. The van der Waals surface area contributed by atoms with Gasteiger partial charge in [0.1, 0.15) is 11.6 Å². The summed E-state index contributed by atoms with van der Waals surface area (Å²) in [7, 11) is 0. The lowest BCUT2D eigenvalue weighted by Crippen LogP contribution is -1.98. The Labute approximate surface area is 95.4 Å². The van der Waals surface area contributed by atoms with E-state index in [9.17, 15) is 13.6 Å². The monoisotopic (exact) mass is 235 g/mol. The molecule has 3 nitrogen and oxygen atoms in total. The predicted octanol–water partition coefficient (Wildman–Crippen LogP) is 2.73. The van der Waals surface area contributed by atoms with E-state index in [1.165, 1.54) is 12.3 Å². The summed E-state index contributed by atoms with van der Waals surface area (Å²) in [4.78, 5) is 14.3. The van der Waals surface area contributed by atoms with Crippen LogP contribution in [-0.2, 0) is 0 Å². The van der Waals surface area contributed by atoms with Crippen LogP contribution in [0.4, 0.5) is 8.78 Å². The number of pyridine rings is 1. The molecule has 0 unspecified atom stereocenters. The van der Waals surface area contributed by atoms with Gasteiger partial charge in [0.2, 0.25) is 0 Å². The summed E-state index contributed by atoms with van der Waals surface area (Å²) in [6.45, 7) is 0. The van der Waals surface area contributed by atoms with Crippen molar-refractivity contribution in [3.8, 4) is 11.1 Å². The van der Waals surface area contributed by atoms with Crippen molar-refractivity contribution in [1.29, 1.82) is 0 Å². The Bertz CT molecular complexity index is 584. The molecule has 0 bridgehead atoms. The zero-order valence-electron chi connectivity index (χ0n) is 8.52. The second-order valence-electron chi connectivity index (χ2n) is 3.36. The molecule has 0 aliphatic carbocycles. The second-order valence-corrected chi connectivity index (χ2v) is 3.36. The van der Waals surface area contributed by atoms with Gasteiger partial charge in [0.05, 0.1) is 11.8 Å². The SMILES string of the molecule is O=C(O)c1ccc(F)c(-c2ccncc2F)c1. The summed E-state index contributed by atoms with van der Waals surface area (Å²) in [5.74, 6) is -2.57. The summed E-state index contributed by atoms with van der Waals surface area (Å²) < 4.78 is 26.9. The van der Waals surface area contributed by atoms with E-state index in [2.05, 4.69) is 4.98 Å². The fourth-order valence-electron chi connectivity index (χ4n) is 1.46. The van der Waals surface area contributed by atoms with Crippen LogP contribution in [0.3, 0.4) is 0 Å². The Balaban J connectivity index is 2.63. The molecule has 86 valence electrons. The Morgan fingerprint density at radius 3 is 2.53 bits per heavy atom. The fraction of sp³-hybridized carbons (Fsp3) is 0. The van der Waals surface area contributed by atoms with Crippen molar-refractivity contribution in [3.05, 3.63) is 53.9 Å². The summed E-state index contributed by atoms with van der Waals surface area (Å²) in [6.07, 6.45) is 2.26. The molecule has 0 fully saturated rings. The third kappa shape index (κ3) is 2.13. The molecule has 1 heterocycles. The van der Waals surface area contributed by atoms with Crippen molar-refractivity contribution in [2.45, 2.75) is 0 Å². The van der Waals surface area contributed by atoms with E-state index in [1.54, 1.807) is 0 Å². The number of benzene rings is 1. The van der Waals surface area contributed by atoms with Crippen LogP contribution in [0.5, 0.6) is 0 Å². The molecule has 0 aliphatic rings. The molecule has 0 spiro atoms. The normalized spacial score (nSPS) is 10.2. The third-order valence-corrected chi connectivity index (χ3v) is 2.28. The van der Waals surface area contributed by atoms with Gasteiger partial charge in [-0.25, -0.2) is 13.6 Å². The topological polar surface area (TPSA) is 50.2 Å². The number of aromatic nitrogens is 1. The molecule has 0 radical (unpaired) electrons. The molecule has 0 aliphatic heterocycles. The number of nitrogens with zero attached hydrogens (tertiary/aromatic N) is 1. The highest BCUT2D eigenvalue weighted by molar-refractivity contribution is 5.89. The minimum Gasteiger partial charge on any atom is -0.478 e. The molecule has 2 rings (SSSR count). The van der Waals surface area contributed by atoms with Gasteiger partial charge in [0.15, 0.2) is 0 Å². The number of aromatic carboxylic acids is 1. The van der Waals surface area contributed by atoms with Gasteiger partial charge in [0, 0.05) is 17.3 Å². The van der Waals surface area contributed by atoms with E-state index in [1.807, 2.05) is 0 Å². The molecule has 1 aromatic heterocycles. The highest BCUT2D eigenvalue weighted by atomic mass is 19.1. The first-order valence-corrected chi connectivity index (χ1v) is 4.72. The smallest absolute Gasteiger partial charge is 0.335 e. The first-order chi connectivity index (χ1) is 8.09. The molecule has 1 aromatic carbocycles. The summed E-state index contributed by atoms with van der Waals surface area (Å²) in [6, 6.07) is 4.51. The molecule has 1 N–H and O–H groups in total. The van der Waals surface area contributed by atoms with Crippen LogP contribution < -0.4 is 0 Å². The van der Waals surface area contributed by atoms with E-state index in [4.69, 9.17) is 5.11 Å². The van der Waals surface area contributed by atoms with Crippen molar-refractivity contribution < 1.29 is 18.7 Å². The Hall–Kier alpha value is -2.30. The first kappa shape index (κ1) is 11.2. The van der Waals surface area contributed by atoms with E-state index < -0.39 is 17.6 Å². The first-order valence-electron chi connectivity index (χ1n) is 4.72. The molecular weight excluding hydrogens is 228 g/mol. The largest absolute Gasteiger partial charge is 0.478 e. The van der Waals surface area contributed by atoms with Gasteiger partial charge in [-0.3, -0.25) is 4.98 Å². The van der Waals surface area contributed by atoms with Gasteiger partial charge in [-0.2, -0.15) is 0 Å². The second kappa shape index (κ2) is 4.29. The molecule has 0 saturated carbocycles. The Morgan fingerprint density at radius 1 is 1.12 bits per heavy atom. The van der Waals surface area contributed by atoms with Crippen LogP contribution in [0.15, 0.2) is 36.7 Å². The molecule has 0 amide bonds. The van der Waals surface area contributed by atoms with E-state index in [0.29, 0.717) is 0 Å². The lowest BCUT2D eigenvalue weighted by atomic mass is 10.0. The molecule has 17 heavy (non-hydrogen) atoms. The van der Waals surface area contributed by atoms with Crippen molar-refractivity contribution in [3.63, 3.8) is 0 Å². The Kier molecular flexibility index (Phi) is 2.82. The lowest BCUT2D eigenvalue weighted by Gasteiger charge is -2.05. The Morgan fingerprint density at radius 2 is 1.88 bits per heavy atom. The van der Waals surface area contributed by atoms with Gasteiger partial charge >= 0.3 is 5.97 Å². The zero-order valence-corrected chi connectivity index (χ0v) is 8.52. The number of halogens is 2. The summed E-state index contributed by atoms with van der Waals surface area (Å²) in [5, 5.41) is 8.79. The van der Waals surface area contributed by atoms with Crippen LogP contribution >= 0.6 is 0 Å². The minimum atomic E-state index is -1.19. The number of hydrogen-bond donors (Lipinski definition) is 1. The average molecular weight is 235 g/mol. The molecule has 5 heteroatoms. The van der Waals surface area contributed by atoms with Gasteiger partial charge in [-0.05, 0) is 24.3 Å². The van der Waals surface area contributed by atoms with Crippen molar-refractivity contribution in [2.24, 2.45) is 0 Å². The highest BCUT2D eigenvalue weighted by Crippen LogP contribution is 2.25. The van der Waals surface area contributed by atoms with Crippen LogP contribution in [0.2, 0.25) is 0 Å². The summed E-state index contributed by atoms with van der Waals surface area (Å²) in [5.41, 5.74) is -0.206. The number of rotatable bonds is 2. The molecule has 0 saturated heterocycles. The van der Waals surface area contributed by atoms with Crippen molar-refractivity contribution in [2.75, 3.05) is 0 Å². The maximum absolute atomic E-state index is 13.5. The maximum Gasteiger partial charge on any atom is 0.335 e. The van der Waals surface area contributed by atoms with E-state index >= 15 is 0 Å². The number of carbonyl (C=O) groups is 1.